The number of benzene rings is 1. The summed E-state index contributed by atoms with van der Waals surface area (Å²) in [6.45, 7) is 8.57. The number of carbonyl (C=O) groups is 2. The monoisotopic (exact) mass is 485 g/mol. The Balaban J connectivity index is 1.56. The normalized spacial score (nSPS) is 14.5. The maximum Gasteiger partial charge on any atom is 0.257 e. The summed E-state index contributed by atoms with van der Waals surface area (Å²) in [6, 6.07) is 7.14. The molecule has 0 bridgehead atoms. The van der Waals surface area contributed by atoms with Crippen molar-refractivity contribution in [2.75, 3.05) is 36.4 Å². The van der Waals surface area contributed by atoms with Crippen LogP contribution >= 0.6 is 23.1 Å². The third kappa shape index (κ3) is 4.82. The highest BCUT2D eigenvalue weighted by molar-refractivity contribution is 7.13. The Morgan fingerprint density at radius 3 is 2.48 bits per heavy atom. The third-order valence-electron chi connectivity index (χ3n) is 6.22. The second-order valence-corrected chi connectivity index (χ2v) is 9.39. The van der Waals surface area contributed by atoms with Gasteiger partial charge in [0, 0.05) is 49.0 Å². The molecule has 174 valence electrons. The van der Waals surface area contributed by atoms with Gasteiger partial charge in [0.05, 0.1) is 22.3 Å². The number of rotatable bonds is 6. The fourth-order valence-corrected chi connectivity index (χ4v) is 5.22. The molecular formula is C24H28ClN5O2S. The molecule has 1 saturated heterocycles. The Bertz CT molecular complexity index is 1150. The number of aryl methyl sites for hydroxylation is 1. The van der Waals surface area contributed by atoms with Crippen molar-refractivity contribution in [2.45, 2.75) is 33.6 Å². The van der Waals surface area contributed by atoms with Gasteiger partial charge in [-0.3, -0.25) is 9.59 Å². The van der Waals surface area contributed by atoms with Gasteiger partial charge in [-0.05, 0) is 69.4 Å². The molecule has 2 amide bonds. The Hall–Kier alpha value is -2.71. The number of nitrogens with zero attached hydrogens (tertiary/aromatic N) is 4. The van der Waals surface area contributed by atoms with E-state index in [1.165, 1.54) is 11.5 Å². The van der Waals surface area contributed by atoms with Gasteiger partial charge in [0.25, 0.3) is 5.91 Å². The molecule has 33 heavy (non-hydrogen) atoms. The van der Waals surface area contributed by atoms with Crippen LogP contribution in [0.4, 0.5) is 11.4 Å². The zero-order chi connectivity index (χ0) is 23.5. The standard InChI is InChI=1S/C24H28ClN5O2S/c1-4-29(5-2)24(32)19-14-26-23-20(15(3)28-33-23)21(19)30-12-10-16(11-13-30)22(31)27-18-8-6-17(25)7-9-18/h6-9,14,16H,4-5,10-13H2,1-3H3,(H,27,31). The second kappa shape index (κ2) is 10.1. The highest BCUT2D eigenvalue weighted by Gasteiger charge is 2.30. The lowest BCUT2D eigenvalue weighted by atomic mass is 9.94. The van der Waals surface area contributed by atoms with Crippen molar-refractivity contribution in [3.05, 3.63) is 46.7 Å². The predicted molar refractivity (Wildman–Crippen MR) is 134 cm³/mol. The molecule has 4 rings (SSSR count). The minimum absolute atomic E-state index is 0.0161. The van der Waals surface area contributed by atoms with E-state index in [4.69, 9.17) is 11.6 Å². The van der Waals surface area contributed by atoms with E-state index in [1.807, 2.05) is 25.7 Å². The fraction of sp³-hybridized carbons (Fsp3) is 0.417. The molecule has 0 radical (unpaired) electrons. The number of amides is 2. The van der Waals surface area contributed by atoms with E-state index in [1.54, 1.807) is 30.5 Å². The summed E-state index contributed by atoms with van der Waals surface area (Å²) in [5, 5.41) is 4.58. The van der Waals surface area contributed by atoms with Crippen molar-refractivity contribution < 1.29 is 9.59 Å². The van der Waals surface area contributed by atoms with Crippen molar-refractivity contribution in [3.63, 3.8) is 0 Å². The van der Waals surface area contributed by atoms with E-state index in [2.05, 4.69) is 19.6 Å². The SMILES string of the molecule is CCN(CC)C(=O)c1cnc2snc(C)c2c1N1CCC(C(=O)Nc2ccc(Cl)cc2)CC1. The molecule has 1 aromatic carbocycles. The first kappa shape index (κ1) is 23.4. The quantitative estimate of drug-likeness (QED) is 0.532. The van der Waals surface area contributed by atoms with Gasteiger partial charge >= 0.3 is 0 Å². The lowest BCUT2D eigenvalue weighted by Gasteiger charge is -2.35. The number of halogens is 1. The van der Waals surface area contributed by atoms with E-state index in [0.29, 0.717) is 49.6 Å². The minimum atomic E-state index is -0.0853. The molecule has 1 fully saturated rings. The molecule has 0 aliphatic carbocycles. The van der Waals surface area contributed by atoms with Gasteiger partial charge in [-0.25, -0.2) is 4.98 Å². The molecular weight excluding hydrogens is 458 g/mol. The minimum Gasteiger partial charge on any atom is -0.370 e. The Morgan fingerprint density at radius 2 is 1.85 bits per heavy atom. The molecule has 1 aliphatic rings. The van der Waals surface area contributed by atoms with Gasteiger partial charge in [-0.1, -0.05) is 11.6 Å². The van der Waals surface area contributed by atoms with Crippen LogP contribution in [0.5, 0.6) is 0 Å². The van der Waals surface area contributed by atoms with Crippen molar-refractivity contribution in [2.24, 2.45) is 5.92 Å². The maximum absolute atomic E-state index is 13.3. The van der Waals surface area contributed by atoms with Gasteiger partial charge in [-0.2, -0.15) is 4.37 Å². The highest BCUT2D eigenvalue weighted by atomic mass is 35.5. The van der Waals surface area contributed by atoms with Crippen LogP contribution in [-0.4, -0.2) is 52.3 Å². The van der Waals surface area contributed by atoms with Gasteiger partial charge < -0.3 is 15.1 Å². The van der Waals surface area contributed by atoms with Crippen LogP contribution in [0.15, 0.2) is 30.5 Å². The van der Waals surface area contributed by atoms with Crippen molar-refractivity contribution in [1.29, 1.82) is 0 Å². The van der Waals surface area contributed by atoms with Gasteiger partial charge in [0.15, 0.2) is 0 Å². The number of fused-ring (bicyclic) bond motifs is 1. The number of piperidine rings is 1. The first-order valence-corrected chi connectivity index (χ1v) is 12.4. The first-order valence-electron chi connectivity index (χ1n) is 11.3. The molecule has 0 saturated carbocycles. The summed E-state index contributed by atoms with van der Waals surface area (Å²) in [5.41, 5.74) is 3.14. The first-order chi connectivity index (χ1) is 15.9. The summed E-state index contributed by atoms with van der Waals surface area (Å²) in [7, 11) is 0. The van der Waals surface area contributed by atoms with E-state index >= 15 is 0 Å². The molecule has 1 N–H and O–H groups in total. The van der Waals surface area contributed by atoms with E-state index in [9.17, 15) is 9.59 Å². The van der Waals surface area contributed by atoms with Crippen LogP contribution in [-0.2, 0) is 4.79 Å². The second-order valence-electron chi connectivity index (χ2n) is 8.20. The molecule has 0 spiro atoms. The van der Waals surface area contributed by atoms with E-state index < -0.39 is 0 Å². The number of carbonyl (C=O) groups excluding carboxylic acids is 2. The molecule has 1 aliphatic heterocycles. The van der Waals surface area contributed by atoms with Crippen LogP contribution in [0, 0.1) is 12.8 Å². The number of nitrogens with one attached hydrogen (secondary N) is 1. The largest absolute Gasteiger partial charge is 0.370 e. The smallest absolute Gasteiger partial charge is 0.257 e. The van der Waals surface area contributed by atoms with Crippen LogP contribution in [0.3, 0.4) is 0 Å². The lowest BCUT2D eigenvalue weighted by Crippen LogP contribution is -2.40. The zero-order valence-electron chi connectivity index (χ0n) is 19.1. The molecule has 0 atom stereocenters. The molecule has 2 aromatic heterocycles. The number of pyridine rings is 1. The third-order valence-corrected chi connectivity index (χ3v) is 7.32. The molecule has 0 unspecified atom stereocenters. The average molecular weight is 486 g/mol. The van der Waals surface area contributed by atoms with Crippen molar-refractivity contribution in [3.8, 4) is 0 Å². The maximum atomic E-state index is 13.3. The molecule has 7 nitrogen and oxygen atoms in total. The zero-order valence-corrected chi connectivity index (χ0v) is 20.7. The van der Waals surface area contributed by atoms with Gasteiger partial charge in [0.2, 0.25) is 5.91 Å². The number of anilines is 2. The molecule has 3 heterocycles. The number of hydrogen-bond acceptors (Lipinski definition) is 6. The van der Waals surface area contributed by atoms with Crippen LogP contribution in [0.1, 0.15) is 42.7 Å². The van der Waals surface area contributed by atoms with Crippen LogP contribution in [0.2, 0.25) is 5.02 Å². The van der Waals surface area contributed by atoms with Crippen molar-refractivity contribution >= 4 is 56.5 Å². The van der Waals surface area contributed by atoms with Crippen molar-refractivity contribution in [1.82, 2.24) is 14.3 Å². The predicted octanol–water partition coefficient (Wildman–Crippen LogP) is 4.99. The molecule has 3 aromatic rings. The lowest BCUT2D eigenvalue weighted by molar-refractivity contribution is -0.120. The summed E-state index contributed by atoms with van der Waals surface area (Å²) < 4.78 is 4.49. The Kier molecular flexibility index (Phi) is 7.14. The number of aromatic nitrogens is 2. The summed E-state index contributed by atoms with van der Waals surface area (Å²) in [5.74, 6) is -0.0832. The van der Waals surface area contributed by atoms with E-state index in [-0.39, 0.29) is 17.7 Å². The highest BCUT2D eigenvalue weighted by Crippen LogP contribution is 2.37. The van der Waals surface area contributed by atoms with E-state index in [0.717, 1.165) is 27.3 Å². The Morgan fingerprint density at radius 1 is 1.18 bits per heavy atom. The summed E-state index contributed by atoms with van der Waals surface area (Å²) in [4.78, 5) is 35.5. The average Bonchev–Trinajstić information content (AvgIpc) is 3.21. The number of hydrogen-bond donors (Lipinski definition) is 1. The summed E-state index contributed by atoms with van der Waals surface area (Å²) in [6.07, 6.45) is 3.10. The Labute approximate surface area is 202 Å². The molecule has 9 heteroatoms. The van der Waals surface area contributed by atoms with Crippen LogP contribution < -0.4 is 10.2 Å². The van der Waals surface area contributed by atoms with Gasteiger partial charge in [-0.15, -0.1) is 0 Å². The van der Waals surface area contributed by atoms with Crippen LogP contribution in [0.25, 0.3) is 10.2 Å². The topological polar surface area (TPSA) is 78.4 Å². The summed E-state index contributed by atoms with van der Waals surface area (Å²) >= 11 is 7.29. The van der Waals surface area contributed by atoms with Gasteiger partial charge in [0.1, 0.15) is 4.83 Å². The fourth-order valence-electron chi connectivity index (χ4n) is 4.35.